The molecular weight excluding hydrogens is 230 g/mol. The van der Waals surface area contributed by atoms with Crippen LogP contribution in [0.4, 0.5) is 5.95 Å². The monoisotopic (exact) mass is 241 g/mol. The topological polar surface area (TPSA) is 79.3 Å². The number of hydrogen-bond acceptors (Lipinski definition) is 5. The molecule has 0 saturated heterocycles. The Morgan fingerprint density at radius 2 is 2.11 bits per heavy atom. The zero-order chi connectivity index (χ0) is 12.5. The zero-order valence-electron chi connectivity index (χ0n) is 9.77. The molecule has 1 aliphatic rings. The van der Waals surface area contributed by atoms with Gasteiger partial charge in [-0.15, -0.1) is 0 Å². The summed E-state index contributed by atoms with van der Waals surface area (Å²) in [6.45, 7) is 2.07. The van der Waals surface area contributed by atoms with Gasteiger partial charge in [0.05, 0.1) is 11.2 Å². The van der Waals surface area contributed by atoms with E-state index in [0.29, 0.717) is 11.9 Å². The lowest BCUT2D eigenvalue weighted by atomic mass is 10.2. The van der Waals surface area contributed by atoms with Gasteiger partial charge < -0.3 is 0 Å². The third-order valence-electron chi connectivity index (χ3n) is 2.66. The maximum atomic E-state index is 11.0. The van der Waals surface area contributed by atoms with E-state index < -0.39 is 0 Å². The minimum atomic E-state index is -0.130. The van der Waals surface area contributed by atoms with Gasteiger partial charge in [0, 0.05) is 5.39 Å². The maximum absolute atomic E-state index is 11.0. The first-order valence-corrected chi connectivity index (χ1v) is 5.57. The fourth-order valence-corrected chi connectivity index (χ4v) is 1.83. The molecule has 2 aromatic rings. The molecule has 90 valence electrons. The summed E-state index contributed by atoms with van der Waals surface area (Å²) in [6, 6.07) is 7.77. The third-order valence-corrected chi connectivity index (χ3v) is 2.66. The highest BCUT2D eigenvalue weighted by atomic mass is 16.2. The Kier molecular flexibility index (Phi) is 2.40. The average Bonchev–Trinajstić information content (AvgIpc) is 2.75. The molecule has 0 fully saturated rings. The molecule has 0 unspecified atom stereocenters. The number of aromatic nitrogens is 2. The van der Waals surface area contributed by atoms with Crippen LogP contribution in [-0.4, -0.2) is 28.4 Å². The molecule has 0 saturated carbocycles. The Bertz CT molecular complexity index is 665. The summed E-state index contributed by atoms with van der Waals surface area (Å²) in [4.78, 5) is 23.7. The van der Waals surface area contributed by atoms with E-state index in [1.807, 2.05) is 31.2 Å². The second kappa shape index (κ2) is 4.06. The van der Waals surface area contributed by atoms with Crippen molar-refractivity contribution in [3.05, 3.63) is 30.0 Å². The summed E-state index contributed by atoms with van der Waals surface area (Å²) in [6.07, 6.45) is 0. The largest absolute Gasteiger partial charge is 0.295 e. The molecule has 18 heavy (non-hydrogen) atoms. The van der Waals surface area contributed by atoms with Crippen LogP contribution in [0.5, 0.6) is 0 Å². The standard InChI is InChI=1S/C12H11N5O/c1-7-8-4-2-3-5-9(8)15-12(14-7)17-11-13-6-10(18)16-11/h2-5H,6H2,1H3,(H2,13,14,15,16,17,18). The molecule has 0 atom stereocenters. The number of nitrogens with one attached hydrogen (secondary N) is 2. The van der Waals surface area contributed by atoms with E-state index in [1.54, 1.807) is 0 Å². The predicted octanol–water partition coefficient (Wildman–Crippen LogP) is 0.836. The zero-order valence-corrected chi connectivity index (χ0v) is 9.77. The lowest BCUT2D eigenvalue weighted by Gasteiger charge is -2.07. The summed E-state index contributed by atoms with van der Waals surface area (Å²) < 4.78 is 0. The minimum Gasteiger partial charge on any atom is -0.295 e. The molecule has 3 rings (SSSR count). The van der Waals surface area contributed by atoms with E-state index in [4.69, 9.17) is 0 Å². The van der Waals surface area contributed by atoms with Gasteiger partial charge in [-0.1, -0.05) is 18.2 Å². The molecule has 6 heteroatoms. The van der Waals surface area contributed by atoms with E-state index in [1.165, 1.54) is 0 Å². The van der Waals surface area contributed by atoms with Crippen LogP contribution in [0.25, 0.3) is 10.9 Å². The van der Waals surface area contributed by atoms with Crippen molar-refractivity contribution in [3.63, 3.8) is 0 Å². The quantitative estimate of drug-likeness (QED) is 0.775. The fraction of sp³-hybridized carbons (Fsp3) is 0.167. The van der Waals surface area contributed by atoms with Crippen LogP contribution in [0, 0.1) is 6.92 Å². The predicted molar refractivity (Wildman–Crippen MR) is 68.3 cm³/mol. The molecular formula is C12H11N5O. The van der Waals surface area contributed by atoms with Gasteiger partial charge in [0.15, 0.2) is 0 Å². The summed E-state index contributed by atoms with van der Waals surface area (Å²) in [5, 5.41) is 6.50. The van der Waals surface area contributed by atoms with Crippen molar-refractivity contribution in [2.45, 2.75) is 6.92 Å². The molecule has 0 bridgehead atoms. The number of guanidine groups is 1. The number of carbonyl (C=O) groups is 1. The SMILES string of the molecule is Cc1nc(NC2=NCC(=O)N2)nc2ccccc12. The highest BCUT2D eigenvalue weighted by Gasteiger charge is 2.14. The van der Waals surface area contributed by atoms with Crippen molar-refractivity contribution in [3.8, 4) is 0 Å². The van der Waals surface area contributed by atoms with E-state index >= 15 is 0 Å². The number of nitrogens with zero attached hydrogens (tertiary/aromatic N) is 3. The number of para-hydroxylation sites is 1. The molecule has 2 heterocycles. The maximum Gasteiger partial charge on any atom is 0.248 e. The van der Waals surface area contributed by atoms with Crippen LogP contribution >= 0.6 is 0 Å². The minimum absolute atomic E-state index is 0.130. The van der Waals surface area contributed by atoms with Gasteiger partial charge in [-0.05, 0) is 13.0 Å². The molecule has 0 aliphatic carbocycles. The molecule has 1 amide bonds. The Balaban J connectivity index is 1.96. The van der Waals surface area contributed by atoms with Gasteiger partial charge in [0.1, 0.15) is 6.54 Å². The molecule has 6 nitrogen and oxygen atoms in total. The number of aryl methyl sites for hydroxylation is 1. The van der Waals surface area contributed by atoms with Gasteiger partial charge in [0.25, 0.3) is 0 Å². The summed E-state index contributed by atoms with van der Waals surface area (Å²) in [5.74, 6) is 0.705. The van der Waals surface area contributed by atoms with Gasteiger partial charge in [0.2, 0.25) is 17.8 Å². The van der Waals surface area contributed by atoms with Crippen LogP contribution in [0.3, 0.4) is 0 Å². The van der Waals surface area contributed by atoms with E-state index in [0.717, 1.165) is 16.6 Å². The molecule has 2 N–H and O–H groups in total. The summed E-state index contributed by atoms with van der Waals surface area (Å²) in [5.41, 5.74) is 1.74. The van der Waals surface area contributed by atoms with Crippen molar-refractivity contribution in [1.82, 2.24) is 15.3 Å². The first kappa shape index (κ1) is 10.6. The van der Waals surface area contributed by atoms with Crippen LogP contribution in [-0.2, 0) is 4.79 Å². The number of anilines is 1. The number of carbonyl (C=O) groups excluding carboxylic acids is 1. The molecule has 1 aromatic heterocycles. The number of amides is 1. The highest BCUT2D eigenvalue weighted by Crippen LogP contribution is 2.16. The first-order valence-electron chi connectivity index (χ1n) is 5.57. The van der Waals surface area contributed by atoms with Crippen molar-refractivity contribution in [2.75, 3.05) is 11.9 Å². The summed E-state index contributed by atoms with van der Waals surface area (Å²) in [7, 11) is 0. The Hall–Kier alpha value is -2.50. The third kappa shape index (κ3) is 1.88. The second-order valence-electron chi connectivity index (χ2n) is 3.99. The number of rotatable bonds is 1. The second-order valence-corrected chi connectivity index (χ2v) is 3.99. The number of fused-ring (bicyclic) bond motifs is 1. The molecule has 0 spiro atoms. The van der Waals surface area contributed by atoms with Crippen molar-refractivity contribution >= 4 is 28.7 Å². The normalized spacial score (nSPS) is 14.5. The van der Waals surface area contributed by atoms with Crippen LogP contribution in [0.15, 0.2) is 29.3 Å². The first-order chi connectivity index (χ1) is 8.72. The van der Waals surface area contributed by atoms with Gasteiger partial charge in [-0.3, -0.25) is 15.4 Å². The Morgan fingerprint density at radius 1 is 1.28 bits per heavy atom. The number of aliphatic imine (C=N–C) groups is 1. The van der Waals surface area contributed by atoms with Gasteiger partial charge >= 0.3 is 0 Å². The number of benzene rings is 1. The summed E-state index contributed by atoms with van der Waals surface area (Å²) >= 11 is 0. The molecule has 0 radical (unpaired) electrons. The van der Waals surface area contributed by atoms with Crippen LogP contribution < -0.4 is 10.6 Å². The lowest BCUT2D eigenvalue weighted by molar-refractivity contribution is -0.117. The van der Waals surface area contributed by atoms with Crippen molar-refractivity contribution in [1.29, 1.82) is 0 Å². The van der Waals surface area contributed by atoms with Crippen LogP contribution in [0.1, 0.15) is 5.69 Å². The molecule has 1 aromatic carbocycles. The van der Waals surface area contributed by atoms with Crippen molar-refractivity contribution in [2.24, 2.45) is 4.99 Å². The van der Waals surface area contributed by atoms with E-state index in [-0.39, 0.29) is 12.5 Å². The fourth-order valence-electron chi connectivity index (χ4n) is 1.83. The van der Waals surface area contributed by atoms with E-state index in [9.17, 15) is 4.79 Å². The molecule has 1 aliphatic heterocycles. The highest BCUT2D eigenvalue weighted by molar-refractivity contribution is 6.08. The van der Waals surface area contributed by atoms with Gasteiger partial charge in [-0.25, -0.2) is 15.0 Å². The Labute approximate surface area is 103 Å². The van der Waals surface area contributed by atoms with E-state index in [2.05, 4.69) is 25.6 Å². The smallest absolute Gasteiger partial charge is 0.248 e. The Morgan fingerprint density at radius 3 is 2.89 bits per heavy atom. The average molecular weight is 241 g/mol. The lowest BCUT2D eigenvalue weighted by Crippen LogP contribution is -2.31. The van der Waals surface area contributed by atoms with Gasteiger partial charge in [-0.2, -0.15) is 0 Å². The van der Waals surface area contributed by atoms with Crippen molar-refractivity contribution < 1.29 is 4.79 Å². The number of hydrogen-bond donors (Lipinski definition) is 2. The van der Waals surface area contributed by atoms with Crippen LogP contribution in [0.2, 0.25) is 0 Å².